The molecule has 3 aliphatic heterocycles. The summed E-state index contributed by atoms with van der Waals surface area (Å²) in [5.41, 5.74) is 5.06. The van der Waals surface area contributed by atoms with Gasteiger partial charge in [-0.1, -0.05) is 6.07 Å². The molecule has 2 aromatic rings. The topological polar surface area (TPSA) is 55.0 Å². The number of aromatic nitrogens is 1. The minimum atomic E-state index is 0.0463. The number of benzene rings is 1. The summed E-state index contributed by atoms with van der Waals surface area (Å²) >= 11 is 0. The third kappa shape index (κ3) is 5.78. The van der Waals surface area contributed by atoms with Gasteiger partial charge in [-0.05, 0) is 69.1 Å². The summed E-state index contributed by atoms with van der Waals surface area (Å²) in [7, 11) is 2.21. The molecule has 0 spiro atoms. The molecule has 7 heteroatoms. The maximum absolute atomic E-state index is 12.9. The van der Waals surface area contributed by atoms with Gasteiger partial charge in [0.05, 0.1) is 11.9 Å². The summed E-state index contributed by atoms with van der Waals surface area (Å²) in [4.78, 5) is 27.2. The van der Waals surface area contributed by atoms with Crippen LogP contribution in [0.1, 0.15) is 24.0 Å². The fraction of sp³-hybridized carbons (Fsp3) is 0.571. The normalized spacial score (nSPS) is 20.7. The lowest BCUT2D eigenvalue weighted by Crippen LogP contribution is -2.54. The van der Waals surface area contributed by atoms with Gasteiger partial charge in [0.25, 0.3) is 0 Å². The van der Waals surface area contributed by atoms with Crippen LogP contribution in [0.4, 0.5) is 17.2 Å². The van der Waals surface area contributed by atoms with Gasteiger partial charge in [-0.15, -0.1) is 0 Å². The van der Waals surface area contributed by atoms with Crippen molar-refractivity contribution in [2.45, 2.75) is 26.7 Å². The number of rotatable bonds is 6. The van der Waals surface area contributed by atoms with E-state index in [-0.39, 0.29) is 11.8 Å². The largest absolute Gasteiger partial charge is 0.371 e. The zero-order chi connectivity index (χ0) is 24.4. The highest BCUT2D eigenvalue weighted by Gasteiger charge is 2.30. The number of hydrogen-bond donors (Lipinski definition) is 1. The number of nitrogens with zero attached hydrogens (tertiary/aromatic N) is 5. The lowest BCUT2D eigenvalue weighted by atomic mass is 9.95. The standard InChI is InChI=1S/C28H40N6O/c1-21-4-5-25(16-22(21)2)33-10-8-24(9-11-33)28(35)30-27-7-6-26(17-29-27)34-19-23(20-34)18-32-14-12-31(3)13-15-32/h4-7,16-17,23-24H,8-15,18-20H2,1-3H3,(H,29,30,35). The molecule has 0 atom stereocenters. The van der Waals surface area contributed by atoms with E-state index in [2.05, 4.69) is 75.1 Å². The van der Waals surface area contributed by atoms with Crippen molar-refractivity contribution in [1.82, 2.24) is 14.8 Å². The van der Waals surface area contributed by atoms with E-state index in [1.165, 1.54) is 49.5 Å². The minimum Gasteiger partial charge on any atom is -0.371 e. The van der Waals surface area contributed by atoms with Crippen molar-refractivity contribution in [3.8, 4) is 0 Å². The quantitative estimate of drug-likeness (QED) is 0.691. The van der Waals surface area contributed by atoms with E-state index in [1.54, 1.807) is 0 Å². The number of pyridine rings is 1. The summed E-state index contributed by atoms with van der Waals surface area (Å²) in [5, 5.41) is 3.05. The molecule has 0 bridgehead atoms. The Kier molecular flexibility index (Phi) is 7.25. The van der Waals surface area contributed by atoms with E-state index >= 15 is 0 Å². The van der Waals surface area contributed by atoms with Crippen molar-refractivity contribution in [2.24, 2.45) is 11.8 Å². The molecule has 4 heterocycles. The number of amides is 1. The fourth-order valence-electron chi connectivity index (χ4n) is 5.49. The van der Waals surface area contributed by atoms with Crippen molar-refractivity contribution in [1.29, 1.82) is 0 Å². The van der Waals surface area contributed by atoms with E-state index in [0.29, 0.717) is 5.82 Å². The number of nitrogens with one attached hydrogen (secondary N) is 1. The predicted octanol–water partition coefficient (Wildman–Crippen LogP) is 3.24. The van der Waals surface area contributed by atoms with Crippen LogP contribution in [-0.2, 0) is 4.79 Å². The summed E-state index contributed by atoms with van der Waals surface area (Å²) < 4.78 is 0. The van der Waals surface area contributed by atoms with Gasteiger partial charge >= 0.3 is 0 Å². The third-order valence-electron chi connectivity index (χ3n) is 8.16. The number of carbonyl (C=O) groups is 1. The molecular formula is C28H40N6O. The van der Waals surface area contributed by atoms with Gasteiger partial charge in [0.2, 0.25) is 5.91 Å². The van der Waals surface area contributed by atoms with Crippen LogP contribution in [0.15, 0.2) is 36.5 Å². The van der Waals surface area contributed by atoms with Crippen LogP contribution in [0.3, 0.4) is 0 Å². The summed E-state index contributed by atoms with van der Waals surface area (Å²) in [6.07, 6.45) is 3.66. The van der Waals surface area contributed by atoms with Crippen molar-refractivity contribution >= 4 is 23.1 Å². The molecule has 3 fully saturated rings. The minimum absolute atomic E-state index is 0.0463. The first-order valence-electron chi connectivity index (χ1n) is 13.2. The molecule has 188 valence electrons. The van der Waals surface area contributed by atoms with Crippen molar-refractivity contribution < 1.29 is 4.79 Å². The van der Waals surface area contributed by atoms with Crippen LogP contribution in [-0.4, -0.2) is 86.6 Å². The Morgan fingerprint density at radius 2 is 1.63 bits per heavy atom. The number of anilines is 3. The summed E-state index contributed by atoms with van der Waals surface area (Å²) in [6, 6.07) is 10.7. The first kappa shape index (κ1) is 24.1. The number of piperazine rings is 1. The van der Waals surface area contributed by atoms with Crippen LogP contribution in [0.25, 0.3) is 0 Å². The molecule has 1 aromatic carbocycles. The fourth-order valence-corrected chi connectivity index (χ4v) is 5.49. The van der Waals surface area contributed by atoms with Crippen LogP contribution in [0.5, 0.6) is 0 Å². The highest BCUT2D eigenvalue weighted by Crippen LogP contribution is 2.28. The third-order valence-corrected chi connectivity index (χ3v) is 8.16. The van der Waals surface area contributed by atoms with Crippen LogP contribution < -0.4 is 15.1 Å². The molecule has 5 rings (SSSR count). The number of carbonyl (C=O) groups excluding carboxylic acids is 1. The Balaban J connectivity index is 1.05. The molecule has 35 heavy (non-hydrogen) atoms. The summed E-state index contributed by atoms with van der Waals surface area (Å²) in [6.45, 7) is 14.3. The van der Waals surface area contributed by atoms with Gasteiger partial charge in [0, 0.05) is 76.4 Å². The second-order valence-electron chi connectivity index (χ2n) is 10.8. The second kappa shape index (κ2) is 10.5. The van der Waals surface area contributed by atoms with Gasteiger partial charge < -0.3 is 24.9 Å². The zero-order valence-electron chi connectivity index (χ0n) is 21.5. The first-order valence-corrected chi connectivity index (χ1v) is 13.2. The van der Waals surface area contributed by atoms with Gasteiger partial charge in [0.15, 0.2) is 0 Å². The molecule has 1 amide bonds. The Labute approximate surface area is 210 Å². The van der Waals surface area contributed by atoms with Gasteiger partial charge in [-0.2, -0.15) is 0 Å². The number of likely N-dealkylation sites (N-methyl/N-ethyl adjacent to an activating group) is 1. The van der Waals surface area contributed by atoms with Crippen molar-refractivity contribution in [3.63, 3.8) is 0 Å². The highest BCUT2D eigenvalue weighted by atomic mass is 16.1. The summed E-state index contributed by atoms with van der Waals surface area (Å²) in [5.74, 6) is 1.54. The Morgan fingerprint density at radius 3 is 2.29 bits per heavy atom. The first-order chi connectivity index (χ1) is 16.9. The van der Waals surface area contributed by atoms with Crippen LogP contribution in [0.2, 0.25) is 0 Å². The Morgan fingerprint density at radius 1 is 0.914 bits per heavy atom. The molecule has 0 saturated carbocycles. The molecule has 0 radical (unpaired) electrons. The van der Waals surface area contributed by atoms with Crippen molar-refractivity contribution in [2.75, 3.05) is 81.1 Å². The van der Waals surface area contributed by atoms with Crippen molar-refractivity contribution in [3.05, 3.63) is 47.7 Å². The molecule has 7 nitrogen and oxygen atoms in total. The average Bonchev–Trinajstić information content (AvgIpc) is 2.85. The number of hydrogen-bond acceptors (Lipinski definition) is 6. The maximum atomic E-state index is 12.9. The molecule has 0 aliphatic carbocycles. The van der Waals surface area contributed by atoms with Gasteiger partial charge in [-0.3, -0.25) is 4.79 Å². The second-order valence-corrected chi connectivity index (χ2v) is 10.8. The van der Waals surface area contributed by atoms with Crippen LogP contribution >= 0.6 is 0 Å². The lowest BCUT2D eigenvalue weighted by molar-refractivity contribution is -0.120. The van der Waals surface area contributed by atoms with Gasteiger partial charge in [0.1, 0.15) is 5.82 Å². The van der Waals surface area contributed by atoms with Crippen LogP contribution in [0, 0.1) is 25.7 Å². The van der Waals surface area contributed by atoms with E-state index in [0.717, 1.165) is 50.6 Å². The molecule has 1 N–H and O–H groups in total. The van der Waals surface area contributed by atoms with E-state index in [9.17, 15) is 4.79 Å². The van der Waals surface area contributed by atoms with E-state index < -0.39 is 0 Å². The molecular weight excluding hydrogens is 436 g/mol. The number of aryl methyl sites for hydroxylation is 2. The SMILES string of the molecule is Cc1ccc(N2CCC(C(=O)Nc3ccc(N4CC(CN5CCN(C)CC5)C4)cn3)CC2)cc1C. The molecule has 1 aromatic heterocycles. The number of piperidine rings is 1. The monoisotopic (exact) mass is 476 g/mol. The molecule has 3 saturated heterocycles. The zero-order valence-corrected chi connectivity index (χ0v) is 21.5. The van der Waals surface area contributed by atoms with E-state index in [4.69, 9.17) is 0 Å². The van der Waals surface area contributed by atoms with Gasteiger partial charge in [-0.25, -0.2) is 4.98 Å². The Bertz CT molecular complexity index is 1000. The Hall–Kier alpha value is -2.64. The lowest BCUT2D eigenvalue weighted by Gasteiger charge is -2.44. The smallest absolute Gasteiger partial charge is 0.228 e. The average molecular weight is 477 g/mol. The predicted molar refractivity (Wildman–Crippen MR) is 143 cm³/mol. The maximum Gasteiger partial charge on any atom is 0.228 e. The van der Waals surface area contributed by atoms with E-state index in [1.807, 2.05) is 12.3 Å². The molecule has 3 aliphatic rings. The highest BCUT2D eigenvalue weighted by molar-refractivity contribution is 5.92. The molecule has 0 unspecified atom stereocenters.